The van der Waals surface area contributed by atoms with Crippen molar-refractivity contribution in [3.05, 3.63) is 58.9 Å². The van der Waals surface area contributed by atoms with E-state index in [1.165, 1.54) is 18.2 Å². The summed E-state index contributed by atoms with van der Waals surface area (Å²) >= 11 is 0. The van der Waals surface area contributed by atoms with Crippen molar-refractivity contribution in [2.45, 2.75) is 26.4 Å². The molecular weight excluding hydrogens is 449 g/mol. The number of piperazine rings is 1. The highest BCUT2D eigenvalue weighted by Gasteiger charge is 2.31. The molecule has 1 saturated heterocycles. The van der Waals surface area contributed by atoms with E-state index < -0.39 is 17.7 Å². The van der Waals surface area contributed by atoms with Gasteiger partial charge >= 0.3 is 12.1 Å². The number of aromatic nitrogens is 1. The molecule has 1 amide bonds. The van der Waals surface area contributed by atoms with E-state index in [0.29, 0.717) is 36.6 Å². The van der Waals surface area contributed by atoms with E-state index in [1.807, 2.05) is 4.90 Å². The Bertz CT molecular complexity index is 1010. The van der Waals surface area contributed by atoms with Gasteiger partial charge in [0.05, 0.1) is 23.4 Å². The third kappa shape index (κ3) is 6.69. The highest BCUT2D eigenvalue weighted by atomic mass is 19.4. The molecule has 0 saturated carbocycles. The summed E-state index contributed by atoms with van der Waals surface area (Å²) < 4.78 is 43.8. The number of ether oxygens (including phenoxy) is 1. The number of amides is 1. The lowest BCUT2D eigenvalue weighted by Crippen LogP contribution is -2.47. The van der Waals surface area contributed by atoms with Crippen LogP contribution in [0.5, 0.6) is 0 Å². The zero-order chi connectivity index (χ0) is 24.7. The van der Waals surface area contributed by atoms with Crippen LogP contribution in [0.2, 0.25) is 0 Å². The second-order valence-electron chi connectivity index (χ2n) is 8.04. The Morgan fingerprint density at radius 2 is 1.85 bits per heavy atom. The molecule has 0 unspecified atom stereocenters. The van der Waals surface area contributed by atoms with Crippen molar-refractivity contribution in [2.24, 2.45) is 0 Å². The van der Waals surface area contributed by atoms with Crippen LogP contribution in [0, 0.1) is 6.92 Å². The van der Waals surface area contributed by atoms with Gasteiger partial charge in [0, 0.05) is 38.4 Å². The average molecular weight is 479 g/mol. The summed E-state index contributed by atoms with van der Waals surface area (Å²) in [4.78, 5) is 32.6. The molecule has 1 aromatic carbocycles. The van der Waals surface area contributed by atoms with Crippen LogP contribution in [0.25, 0.3) is 0 Å². The molecule has 7 nitrogen and oxygen atoms in total. The van der Waals surface area contributed by atoms with Crippen molar-refractivity contribution in [1.82, 2.24) is 15.2 Å². The van der Waals surface area contributed by atoms with E-state index in [1.54, 1.807) is 26.0 Å². The Labute approximate surface area is 196 Å². The molecule has 10 heteroatoms. The van der Waals surface area contributed by atoms with Gasteiger partial charge in [-0.3, -0.25) is 9.69 Å². The molecule has 34 heavy (non-hydrogen) atoms. The maximum atomic E-state index is 13.0. The first kappa shape index (κ1) is 25.5. The number of rotatable bonds is 8. The maximum Gasteiger partial charge on any atom is 0.416 e. The molecule has 1 aliphatic heterocycles. The standard InChI is InChI=1S/C24H29F3N4O3/c1-3-34-23(33)20-8-9-21(29-17(20)2)22(32)28-10-5-11-30-12-14-31(15-13-30)19-7-4-6-18(16-19)24(25,26)27/h4,6-9,16H,3,5,10-15H2,1-2H3,(H,28,32). The Hall–Kier alpha value is -3.14. The molecule has 0 radical (unpaired) electrons. The molecule has 2 aromatic rings. The second kappa shape index (κ2) is 11.3. The topological polar surface area (TPSA) is 74.8 Å². The molecule has 0 spiro atoms. The van der Waals surface area contributed by atoms with Gasteiger partial charge in [-0.05, 0) is 57.1 Å². The molecule has 2 heterocycles. The molecule has 1 aliphatic rings. The fourth-order valence-electron chi connectivity index (χ4n) is 3.82. The van der Waals surface area contributed by atoms with Crippen LogP contribution in [0.15, 0.2) is 36.4 Å². The Morgan fingerprint density at radius 1 is 1.12 bits per heavy atom. The van der Waals surface area contributed by atoms with Crippen molar-refractivity contribution < 1.29 is 27.5 Å². The minimum absolute atomic E-state index is 0.236. The van der Waals surface area contributed by atoms with E-state index in [9.17, 15) is 22.8 Å². The van der Waals surface area contributed by atoms with Gasteiger partial charge in [0.25, 0.3) is 5.91 Å². The monoisotopic (exact) mass is 478 g/mol. The zero-order valence-corrected chi connectivity index (χ0v) is 19.3. The first-order valence-electron chi connectivity index (χ1n) is 11.3. The van der Waals surface area contributed by atoms with Gasteiger partial charge in [-0.1, -0.05) is 6.07 Å². The van der Waals surface area contributed by atoms with Crippen LogP contribution in [0.4, 0.5) is 18.9 Å². The zero-order valence-electron chi connectivity index (χ0n) is 19.3. The van der Waals surface area contributed by atoms with E-state index in [0.717, 1.165) is 32.1 Å². The van der Waals surface area contributed by atoms with Crippen molar-refractivity contribution in [1.29, 1.82) is 0 Å². The van der Waals surface area contributed by atoms with E-state index in [2.05, 4.69) is 15.2 Å². The fourth-order valence-corrected chi connectivity index (χ4v) is 3.82. The van der Waals surface area contributed by atoms with Gasteiger partial charge in [-0.15, -0.1) is 0 Å². The predicted molar refractivity (Wildman–Crippen MR) is 122 cm³/mol. The fraction of sp³-hybridized carbons (Fsp3) is 0.458. The SMILES string of the molecule is CCOC(=O)c1ccc(C(=O)NCCCN2CCN(c3cccc(C(F)(F)F)c3)CC2)nc1C. The van der Waals surface area contributed by atoms with Gasteiger partial charge in [0.2, 0.25) is 0 Å². The van der Waals surface area contributed by atoms with Crippen LogP contribution in [-0.2, 0) is 10.9 Å². The number of carbonyl (C=O) groups excluding carboxylic acids is 2. The summed E-state index contributed by atoms with van der Waals surface area (Å²) in [5.41, 5.74) is 0.953. The normalized spacial score (nSPS) is 14.7. The largest absolute Gasteiger partial charge is 0.462 e. The molecule has 0 aliphatic carbocycles. The molecule has 1 fully saturated rings. The lowest BCUT2D eigenvalue weighted by atomic mass is 10.1. The van der Waals surface area contributed by atoms with Crippen molar-refractivity contribution in [2.75, 3.05) is 50.8 Å². The third-order valence-electron chi connectivity index (χ3n) is 5.66. The van der Waals surface area contributed by atoms with Crippen LogP contribution in [0.3, 0.4) is 0 Å². The van der Waals surface area contributed by atoms with Crippen molar-refractivity contribution in [3.63, 3.8) is 0 Å². The minimum atomic E-state index is -4.35. The summed E-state index contributed by atoms with van der Waals surface area (Å²) in [5.74, 6) is -0.777. The van der Waals surface area contributed by atoms with Crippen LogP contribution < -0.4 is 10.2 Å². The number of nitrogens with one attached hydrogen (secondary N) is 1. The first-order valence-corrected chi connectivity index (χ1v) is 11.3. The number of alkyl halides is 3. The molecule has 1 aromatic heterocycles. The molecule has 3 rings (SSSR count). The number of hydrogen-bond acceptors (Lipinski definition) is 6. The van der Waals surface area contributed by atoms with E-state index in [4.69, 9.17) is 4.74 Å². The van der Waals surface area contributed by atoms with Gasteiger partial charge in [-0.25, -0.2) is 9.78 Å². The average Bonchev–Trinajstić information content (AvgIpc) is 2.81. The molecule has 0 atom stereocenters. The minimum Gasteiger partial charge on any atom is -0.462 e. The van der Waals surface area contributed by atoms with Gasteiger partial charge in [0.1, 0.15) is 5.69 Å². The van der Waals surface area contributed by atoms with E-state index in [-0.39, 0.29) is 18.2 Å². The quantitative estimate of drug-likeness (QED) is 0.462. The van der Waals surface area contributed by atoms with E-state index >= 15 is 0 Å². The van der Waals surface area contributed by atoms with Crippen LogP contribution in [-0.4, -0.2) is 67.6 Å². The summed E-state index contributed by atoms with van der Waals surface area (Å²) in [6.07, 6.45) is -3.62. The summed E-state index contributed by atoms with van der Waals surface area (Å²) in [7, 11) is 0. The second-order valence-corrected chi connectivity index (χ2v) is 8.04. The van der Waals surface area contributed by atoms with Gasteiger partial charge in [-0.2, -0.15) is 13.2 Å². The lowest BCUT2D eigenvalue weighted by molar-refractivity contribution is -0.137. The number of esters is 1. The number of nitrogens with zero attached hydrogens (tertiary/aromatic N) is 3. The van der Waals surface area contributed by atoms with Gasteiger partial charge in [0.15, 0.2) is 0 Å². The molecular formula is C24H29F3N4O3. The number of halogens is 3. The highest BCUT2D eigenvalue weighted by Crippen LogP contribution is 2.31. The van der Waals surface area contributed by atoms with Crippen molar-refractivity contribution in [3.8, 4) is 0 Å². The van der Waals surface area contributed by atoms with Crippen molar-refractivity contribution >= 4 is 17.6 Å². The summed E-state index contributed by atoms with van der Waals surface area (Å²) in [6.45, 7) is 7.63. The molecule has 184 valence electrons. The molecule has 1 N–H and O–H groups in total. The number of hydrogen-bond donors (Lipinski definition) is 1. The maximum absolute atomic E-state index is 13.0. The smallest absolute Gasteiger partial charge is 0.416 e. The lowest BCUT2D eigenvalue weighted by Gasteiger charge is -2.36. The number of pyridine rings is 1. The number of aryl methyl sites for hydroxylation is 1. The Kier molecular flexibility index (Phi) is 8.49. The number of anilines is 1. The summed E-state index contributed by atoms with van der Waals surface area (Å²) in [5, 5.41) is 2.83. The Morgan fingerprint density at radius 3 is 2.50 bits per heavy atom. The predicted octanol–water partition coefficient (Wildman–Crippen LogP) is 3.53. The number of benzene rings is 1. The Balaban J connectivity index is 1.40. The van der Waals surface area contributed by atoms with Crippen LogP contribution in [0.1, 0.15) is 45.4 Å². The third-order valence-corrected chi connectivity index (χ3v) is 5.66. The first-order chi connectivity index (χ1) is 16.2. The molecule has 0 bridgehead atoms. The highest BCUT2D eigenvalue weighted by molar-refractivity contribution is 5.95. The summed E-state index contributed by atoms with van der Waals surface area (Å²) in [6, 6.07) is 8.46. The van der Waals surface area contributed by atoms with Crippen LogP contribution >= 0.6 is 0 Å². The van der Waals surface area contributed by atoms with Gasteiger partial charge < -0.3 is 15.0 Å². The number of carbonyl (C=O) groups is 2.